The summed E-state index contributed by atoms with van der Waals surface area (Å²) in [6.07, 6.45) is -0.0724. The van der Waals surface area contributed by atoms with Gasteiger partial charge < -0.3 is 23.8 Å². The molecule has 2 aromatic heterocycles. The number of benzene rings is 3. The maximum Gasteiger partial charge on any atom is 0.335 e. The molecule has 0 bridgehead atoms. The number of hydrogen-bond acceptors (Lipinski definition) is 7. The Balaban J connectivity index is 1.52. The van der Waals surface area contributed by atoms with Crippen LogP contribution in [0.2, 0.25) is 0 Å². The van der Waals surface area contributed by atoms with Crippen molar-refractivity contribution in [3.63, 3.8) is 0 Å². The highest BCUT2D eigenvalue weighted by Crippen LogP contribution is 2.46. The highest BCUT2D eigenvalue weighted by molar-refractivity contribution is 5.93. The first-order chi connectivity index (χ1) is 17.9. The van der Waals surface area contributed by atoms with Crippen LogP contribution in [0, 0.1) is 0 Å². The van der Waals surface area contributed by atoms with Crippen LogP contribution in [-0.2, 0) is 4.79 Å². The molecule has 8 nitrogen and oxygen atoms in total. The molecule has 8 heteroatoms. The average Bonchev–Trinajstić information content (AvgIpc) is 3.38. The number of furan rings is 1. The Morgan fingerprint density at radius 3 is 2.30 bits per heavy atom. The largest absolute Gasteiger partial charge is 0.507 e. The van der Waals surface area contributed by atoms with Crippen molar-refractivity contribution in [2.24, 2.45) is 0 Å². The first kappa shape index (κ1) is 22.4. The maximum atomic E-state index is 13.1. The van der Waals surface area contributed by atoms with Gasteiger partial charge in [0.1, 0.15) is 39.7 Å². The van der Waals surface area contributed by atoms with Crippen molar-refractivity contribution in [1.82, 2.24) is 0 Å². The SMILES string of the molecule is O=C1CC(c2ccc(-c3ccc(C(=O)O)cc3)o2)c2c(cc(O)c3c(=O)cc(-c4ccccc4)oc23)O1. The minimum absolute atomic E-state index is 0.0163. The van der Waals surface area contributed by atoms with Crippen molar-refractivity contribution >= 4 is 22.9 Å². The second kappa shape index (κ2) is 8.53. The Hall–Kier alpha value is -5.11. The van der Waals surface area contributed by atoms with Gasteiger partial charge in [0.25, 0.3) is 0 Å². The van der Waals surface area contributed by atoms with Crippen molar-refractivity contribution in [2.75, 3.05) is 0 Å². The van der Waals surface area contributed by atoms with E-state index >= 15 is 0 Å². The number of carbonyl (C=O) groups excluding carboxylic acids is 1. The Labute approximate surface area is 209 Å². The van der Waals surface area contributed by atoms with Crippen molar-refractivity contribution < 1.29 is 33.4 Å². The Morgan fingerprint density at radius 2 is 1.57 bits per heavy atom. The number of esters is 1. The number of aromatic hydroxyl groups is 1. The lowest BCUT2D eigenvalue weighted by Gasteiger charge is -2.24. The van der Waals surface area contributed by atoms with Gasteiger partial charge >= 0.3 is 11.9 Å². The van der Waals surface area contributed by atoms with Crippen LogP contribution in [0.25, 0.3) is 33.6 Å². The zero-order valence-corrected chi connectivity index (χ0v) is 19.1. The van der Waals surface area contributed by atoms with Gasteiger partial charge in [-0.15, -0.1) is 0 Å². The fraction of sp³-hybridized carbons (Fsp3) is 0.0690. The predicted molar refractivity (Wildman–Crippen MR) is 133 cm³/mol. The molecular formula is C29H18O8. The number of fused-ring (bicyclic) bond motifs is 3. The number of aromatic carboxylic acids is 1. The van der Waals surface area contributed by atoms with Crippen LogP contribution in [-0.4, -0.2) is 22.2 Å². The number of carbonyl (C=O) groups is 2. The molecule has 3 aromatic carbocycles. The minimum Gasteiger partial charge on any atom is -0.507 e. The second-order valence-electron chi connectivity index (χ2n) is 8.67. The second-order valence-corrected chi connectivity index (χ2v) is 8.67. The van der Waals surface area contributed by atoms with E-state index in [0.717, 1.165) is 0 Å². The molecule has 0 amide bonds. The summed E-state index contributed by atoms with van der Waals surface area (Å²) < 4.78 is 17.7. The van der Waals surface area contributed by atoms with Gasteiger partial charge in [-0.1, -0.05) is 42.5 Å². The monoisotopic (exact) mass is 494 g/mol. The van der Waals surface area contributed by atoms with E-state index in [4.69, 9.17) is 18.7 Å². The van der Waals surface area contributed by atoms with E-state index in [1.54, 1.807) is 36.4 Å². The van der Waals surface area contributed by atoms with Crippen molar-refractivity contribution in [2.45, 2.75) is 12.3 Å². The summed E-state index contributed by atoms with van der Waals surface area (Å²) in [4.78, 5) is 36.7. The van der Waals surface area contributed by atoms with Gasteiger partial charge in [-0.05, 0) is 24.3 Å². The molecular weight excluding hydrogens is 476 g/mol. The number of hydrogen-bond donors (Lipinski definition) is 2. The standard InChI is InChI=1S/C29H18O8/c30-19-13-23(15-4-2-1-3-5-15)37-28-26-18(12-25(32)36-24(26)14-20(31)27(19)28)22-11-10-21(35-22)16-6-8-17(9-7-16)29(33)34/h1-11,13-14,18,31H,12H2,(H,33,34). The van der Waals surface area contributed by atoms with Gasteiger partial charge in [0.05, 0.1) is 17.9 Å². The van der Waals surface area contributed by atoms with Crippen LogP contribution in [0.1, 0.15) is 34.0 Å². The Kier molecular flexibility index (Phi) is 5.15. The van der Waals surface area contributed by atoms with Crippen LogP contribution >= 0.6 is 0 Å². The molecule has 0 radical (unpaired) electrons. The van der Waals surface area contributed by atoms with E-state index in [2.05, 4.69) is 0 Å². The number of carboxylic acids is 1. The molecule has 0 aliphatic carbocycles. The highest BCUT2D eigenvalue weighted by Gasteiger charge is 2.35. The van der Waals surface area contributed by atoms with Crippen molar-refractivity contribution in [1.29, 1.82) is 0 Å². The molecule has 3 heterocycles. The topological polar surface area (TPSA) is 127 Å². The zero-order chi connectivity index (χ0) is 25.7. The first-order valence-electron chi connectivity index (χ1n) is 11.4. The molecule has 182 valence electrons. The fourth-order valence-electron chi connectivity index (χ4n) is 4.62. The summed E-state index contributed by atoms with van der Waals surface area (Å²) >= 11 is 0. The number of rotatable bonds is 4. The van der Waals surface area contributed by atoms with Gasteiger partial charge in [0, 0.05) is 28.8 Å². The van der Waals surface area contributed by atoms with Crippen LogP contribution < -0.4 is 10.2 Å². The summed E-state index contributed by atoms with van der Waals surface area (Å²) in [5.74, 6) is -1.27. The van der Waals surface area contributed by atoms with E-state index < -0.39 is 23.3 Å². The quantitative estimate of drug-likeness (QED) is 0.245. The molecule has 5 aromatic rings. The lowest BCUT2D eigenvalue weighted by atomic mass is 9.88. The summed E-state index contributed by atoms with van der Waals surface area (Å²) in [5, 5.41) is 19.7. The minimum atomic E-state index is -1.03. The molecule has 6 rings (SSSR count). The van der Waals surface area contributed by atoms with Crippen molar-refractivity contribution in [3.05, 3.63) is 106 Å². The van der Waals surface area contributed by atoms with Crippen molar-refractivity contribution in [3.8, 4) is 34.1 Å². The van der Waals surface area contributed by atoms with E-state index in [1.807, 2.05) is 18.2 Å². The van der Waals surface area contributed by atoms with Gasteiger partial charge in [-0.3, -0.25) is 9.59 Å². The van der Waals surface area contributed by atoms with Crippen LogP contribution in [0.4, 0.5) is 0 Å². The summed E-state index contributed by atoms with van der Waals surface area (Å²) in [6.45, 7) is 0. The average molecular weight is 494 g/mol. The van der Waals surface area contributed by atoms with E-state index in [9.17, 15) is 19.5 Å². The number of carboxylic acid groups (broad SMARTS) is 1. The summed E-state index contributed by atoms with van der Waals surface area (Å²) in [5.41, 5.74) is 1.58. The number of phenols is 1. The normalized spacial score (nSPS) is 14.8. The summed E-state index contributed by atoms with van der Waals surface area (Å²) in [6, 6.07) is 21.3. The van der Waals surface area contributed by atoms with Crippen LogP contribution in [0.3, 0.4) is 0 Å². The molecule has 0 saturated carbocycles. The van der Waals surface area contributed by atoms with Gasteiger partial charge in [-0.2, -0.15) is 0 Å². The van der Waals surface area contributed by atoms with Gasteiger partial charge in [0.15, 0.2) is 5.43 Å². The molecule has 1 atom stereocenters. The molecule has 2 N–H and O–H groups in total. The molecule has 1 unspecified atom stereocenters. The summed E-state index contributed by atoms with van der Waals surface area (Å²) in [7, 11) is 0. The third-order valence-corrected chi connectivity index (χ3v) is 6.37. The van der Waals surface area contributed by atoms with Crippen LogP contribution in [0.5, 0.6) is 11.5 Å². The van der Waals surface area contributed by atoms with E-state index in [1.165, 1.54) is 24.3 Å². The molecule has 0 fully saturated rings. The maximum absolute atomic E-state index is 13.1. The van der Waals surface area contributed by atoms with Gasteiger partial charge in [-0.25, -0.2) is 4.79 Å². The first-order valence-corrected chi connectivity index (χ1v) is 11.4. The number of ether oxygens (including phenoxy) is 1. The number of phenolic OH excluding ortho intramolecular Hbond substituents is 1. The van der Waals surface area contributed by atoms with Crippen LogP contribution in [0.15, 0.2) is 92.5 Å². The molecule has 37 heavy (non-hydrogen) atoms. The van der Waals surface area contributed by atoms with E-state index in [0.29, 0.717) is 34.0 Å². The zero-order valence-electron chi connectivity index (χ0n) is 19.1. The fourth-order valence-corrected chi connectivity index (χ4v) is 4.62. The van der Waals surface area contributed by atoms with Gasteiger partial charge in [0.2, 0.25) is 0 Å². The lowest BCUT2D eigenvalue weighted by Crippen LogP contribution is -2.21. The molecule has 0 saturated heterocycles. The highest BCUT2D eigenvalue weighted by atomic mass is 16.5. The van der Waals surface area contributed by atoms with E-state index in [-0.39, 0.29) is 34.5 Å². The molecule has 0 spiro atoms. The lowest BCUT2D eigenvalue weighted by molar-refractivity contribution is -0.135. The smallest absolute Gasteiger partial charge is 0.335 e. The Bertz CT molecular complexity index is 1740. The third kappa shape index (κ3) is 3.84. The molecule has 1 aliphatic heterocycles. The predicted octanol–water partition coefficient (Wildman–Crippen LogP) is 5.56. The Morgan fingerprint density at radius 1 is 0.838 bits per heavy atom. The molecule has 1 aliphatic rings. The third-order valence-electron chi connectivity index (χ3n) is 6.37.